The van der Waals surface area contributed by atoms with Crippen molar-refractivity contribution in [2.75, 3.05) is 32.7 Å². The van der Waals surface area contributed by atoms with Crippen molar-refractivity contribution < 1.29 is 27.0 Å². The number of carbonyl (C=O) groups excluding carboxylic acids is 1. The highest BCUT2D eigenvalue weighted by atomic mass is 32.2. The lowest BCUT2D eigenvalue weighted by Gasteiger charge is -2.43. The maximum Gasteiger partial charge on any atom is 0.410 e. The Bertz CT molecular complexity index is 1040. The van der Waals surface area contributed by atoms with Gasteiger partial charge in [0.15, 0.2) is 0 Å². The number of nitrogens with zero attached hydrogens (tertiary/aromatic N) is 3. The molecule has 1 amide bonds. The molecule has 0 atom stereocenters. The molecule has 2 aromatic rings. The molecule has 1 aromatic heterocycles. The Morgan fingerprint density at radius 1 is 1.15 bits per heavy atom. The van der Waals surface area contributed by atoms with Gasteiger partial charge in [-0.15, -0.1) is 6.42 Å². The van der Waals surface area contributed by atoms with Gasteiger partial charge in [0.1, 0.15) is 28.8 Å². The second-order valence-corrected chi connectivity index (χ2v) is 10.2. The maximum absolute atomic E-state index is 12.2. The summed E-state index contributed by atoms with van der Waals surface area (Å²) in [5.74, 6) is 2.79. The average Bonchev–Trinajstić information content (AvgIpc) is 2.74. The van der Waals surface area contributed by atoms with Crippen LogP contribution in [0.1, 0.15) is 26.5 Å². The summed E-state index contributed by atoms with van der Waals surface area (Å²) < 4.78 is 37.1. The number of hydrogen-bond acceptors (Lipinski definition) is 6. The monoisotopic (exact) mass is 473 g/mol. The third-order valence-electron chi connectivity index (χ3n) is 5.02. The smallest absolute Gasteiger partial charge is 0.410 e. The van der Waals surface area contributed by atoms with E-state index in [1.807, 2.05) is 39.0 Å². The van der Waals surface area contributed by atoms with Crippen LogP contribution in [0.3, 0.4) is 0 Å². The van der Waals surface area contributed by atoms with E-state index < -0.39 is 15.7 Å². The Morgan fingerprint density at radius 3 is 2.21 bits per heavy atom. The lowest BCUT2D eigenvalue weighted by atomic mass is 10.2. The van der Waals surface area contributed by atoms with E-state index in [1.165, 1.54) is 24.3 Å². The van der Waals surface area contributed by atoms with Crippen molar-refractivity contribution in [3.8, 4) is 12.3 Å². The third kappa shape index (κ3) is 8.85. The quantitative estimate of drug-likeness (QED) is 0.385. The van der Waals surface area contributed by atoms with Crippen molar-refractivity contribution in [1.82, 2.24) is 9.88 Å². The van der Waals surface area contributed by atoms with Gasteiger partial charge < -0.3 is 13.8 Å². The topological polar surface area (TPSA) is 99.6 Å². The predicted octanol–water partition coefficient (Wildman–Crippen LogP) is 2.87. The van der Waals surface area contributed by atoms with E-state index in [-0.39, 0.29) is 11.0 Å². The molecular weight excluding hydrogens is 442 g/mol. The largest absolute Gasteiger partial charge is 0.744 e. The molecule has 1 aliphatic rings. The molecule has 0 radical (unpaired) electrons. The Hall–Kier alpha value is -2.93. The third-order valence-corrected chi connectivity index (χ3v) is 5.87. The van der Waals surface area contributed by atoms with Crippen LogP contribution in [0.2, 0.25) is 0 Å². The van der Waals surface area contributed by atoms with Crippen molar-refractivity contribution >= 4 is 16.2 Å². The van der Waals surface area contributed by atoms with E-state index in [9.17, 15) is 17.8 Å². The number of aromatic nitrogens is 1. The second-order valence-electron chi connectivity index (χ2n) is 8.86. The second kappa shape index (κ2) is 11.3. The summed E-state index contributed by atoms with van der Waals surface area (Å²) in [7, 11) is -4.25. The Balaban J connectivity index is 0.000000321. The van der Waals surface area contributed by atoms with Gasteiger partial charge in [-0.3, -0.25) is 9.88 Å². The van der Waals surface area contributed by atoms with Crippen molar-refractivity contribution in [2.24, 2.45) is 0 Å². The van der Waals surface area contributed by atoms with Crippen LogP contribution in [0.25, 0.3) is 0 Å². The first kappa shape index (κ1) is 26.3. The van der Waals surface area contributed by atoms with Gasteiger partial charge in [0, 0.05) is 6.20 Å². The number of carbonyl (C=O) groups is 1. The molecule has 0 bridgehead atoms. The summed E-state index contributed by atoms with van der Waals surface area (Å²) in [6.45, 7) is 10.1. The minimum Gasteiger partial charge on any atom is -0.744 e. The number of quaternary nitrogens is 1. The van der Waals surface area contributed by atoms with E-state index in [1.54, 1.807) is 17.2 Å². The van der Waals surface area contributed by atoms with Crippen molar-refractivity contribution in [3.63, 3.8) is 0 Å². The fourth-order valence-corrected chi connectivity index (χ4v) is 3.88. The first-order chi connectivity index (χ1) is 15.4. The van der Waals surface area contributed by atoms with Crippen LogP contribution < -0.4 is 0 Å². The normalized spacial score (nSPS) is 15.5. The number of rotatable bonds is 4. The van der Waals surface area contributed by atoms with Crippen LogP contribution in [0, 0.1) is 12.3 Å². The molecule has 9 heteroatoms. The van der Waals surface area contributed by atoms with E-state index in [4.69, 9.17) is 11.2 Å². The van der Waals surface area contributed by atoms with Crippen LogP contribution in [-0.4, -0.2) is 71.8 Å². The molecule has 1 aliphatic heterocycles. The number of pyridine rings is 1. The zero-order chi connectivity index (χ0) is 24.5. The molecule has 0 N–H and O–H groups in total. The number of ether oxygens (including phenoxy) is 1. The molecule has 0 spiro atoms. The fourth-order valence-electron chi connectivity index (χ4n) is 3.39. The molecule has 33 heavy (non-hydrogen) atoms. The lowest BCUT2D eigenvalue weighted by molar-refractivity contribution is -0.938. The summed E-state index contributed by atoms with van der Waals surface area (Å²) in [5.41, 5.74) is 0.571. The zero-order valence-electron chi connectivity index (χ0n) is 19.3. The van der Waals surface area contributed by atoms with Gasteiger partial charge >= 0.3 is 6.09 Å². The van der Waals surface area contributed by atoms with Crippen molar-refractivity contribution in [1.29, 1.82) is 0 Å². The summed E-state index contributed by atoms with van der Waals surface area (Å²) in [4.78, 5) is 18.2. The molecule has 3 rings (SSSR count). The summed E-state index contributed by atoms with van der Waals surface area (Å²) in [6.07, 6.45) is 7.15. The summed E-state index contributed by atoms with van der Waals surface area (Å²) >= 11 is 0. The SMILES string of the molecule is C#CC[N+]1(Cc2ccccn2)CCN(C(=O)OC(C)(C)C)CC1.O=S(=O)([O-])c1ccccc1. The van der Waals surface area contributed by atoms with E-state index in [2.05, 4.69) is 10.9 Å². The summed E-state index contributed by atoms with van der Waals surface area (Å²) in [5, 5.41) is 0. The Kier molecular flexibility index (Phi) is 8.99. The van der Waals surface area contributed by atoms with Crippen LogP contribution in [0.5, 0.6) is 0 Å². The lowest BCUT2D eigenvalue weighted by Crippen LogP contribution is -2.60. The number of benzene rings is 1. The molecule has 1 aromatic carbocycles. The molecule has 1 saturated heterocycles. The fraction of sp³-hybridized carbons (Fsp3) is 0.417. The van der Waals surface area contributed by atoms with E-state index in [0.29, 0.717) is 19.6 Å². The molecule has 0 aliphatic carbocycles. The number of amides is 1. The highest BCUT2D eigenvalue weighted by Gasteiger charge is 2.35. The van der Waals surface area contributed by atoms with Crippen molar-refractivity contribution in [2.45, 2.75) is 37.8 Å². The number of piperazine rings is 1. The molecule has 0 unspecified atom stereocenters. The van der Waals surface area contributed by atoms with E-state index in [0.717, 1.165) is 29.8 Å². The Labute approximate surface area is 196 Å². The minimum absolute atomic E-state index is 0.185. The first-order valence-corrected chi connectivity index (χ1v) is 12.0. The van der Waals surface area contributed by atoms with E-state index >= 15 is 0 Å². The highest BCUT2D eigenvalue weighted by molar-refractivity contribution is 7.85. The predicted molar refractivity (Wildman–Crippen MR) is 124 cm³/mol. The van der Waals surface area contributed by atoms with Gasteiger partial charge in [-0.1, -0.05) is 24.3 Å². The molecular formula is C24H31N3O5S. The van der Waals surface area contributed by atoms with Gasteiger partial charge in [-0.05, 0) is 51.0 Å². The van der Waals surface area contributed by atoms with Gasteiger partial charge in [-0.2, -0.15) is 0 Å². The standard InChI is InChI=1S/C18H26N3O2.C6H6O3S/c1-5-12-21(15-16-8-6-7-9-19-16)13-10-20(11-14-21)17(22)23-18(2,3)4;7-10(8,9)6-4-2-1-3-5-6/h1,6-9H,10-15H2,2-4H3;1-5H,(H,7,8,9)/q+1;/p-1. The summed E-state index contributed by atoms with van der Waals surface area (Å²) in [6, 6.07) is 13.1. The van der Waals surface area contributed by atoms with Gasteiger partial charge in [0.05, 0.1) is 36.8 Å². The zero-order valence-corrected chi connectivity index (χ0v) is 20.1. The molecule has 8 nitrogen and oxygen atoms in total. The maximum atomic E-state index is 12.2. The van der Waals surface area contributed by atoms with Gasteiger partial charge in [0.25, 0.3) is 0 Å². The van der Waals surface area contributed by atoms with Crippen molar-refractivity contribution in [3.05, 3.63) is 60.4 Å². The minimum atomic E-state index is -4.25. The Morgan fingerprint density at radius 2 is 1.76 bits per heavy atom. The highest BCUT2D eigenvalue weighted by Crippen LogP contribution is 2.19. The van der Waals surface area contributed by atoms with Crippen LogP contribution in [0.15, 0.2) is 59.6 Å². The molecule has 178 valence electrons. The van der Waals surface area contributed by atoms with Crippen LogP contribution in [-0.2, 0) is 21.4 Å². The van der Waals surface area contributed by atoms with Gasteiger partial charge in [-0.25, -0.2) is 13.2 Å². The first-order valence-electron chi connectivity index (χ1n) is 10.6. The number of terminal acetylenes is 1. The average molecular weight is 474 g/mol. The van der Waals surface area contributed by atoms with Crippen LogP contribution in [0.4, 0.5) is 4.79 Å². The molecule has 1 fully saturated rings. The number of hydrogen-bond donors (Lipinski definition) is 0. The molecule has 2 heterocycles. The van der Waals surface area contributed by atoms with Gasteiger partial charge in [0.2, 0.25) is 0 Å². The van der Waals surface area contributed by atoms with Crippen LogP contribution >= 0.6 is 0 Å². The molecule has 0 saturated carbocycles.